The number of fused-ring (bicyclic) bond motifs is 3. The van der Waals surface area contributed by atoms with Crippen LogP contribution in [0.1, 0.15) is 66.5 Å². The number of pyridine rings is 1. The molecule has 238 valence electrons. The number of aromatic nitrogens is 2. The summed E-state index contributed by atoms with van der Waals surface area (Å²) in [4.78, 5) is 9.57. The molecule has 0 bridgehead atoms. The van der Waals surface area contributed by atoms with Crippen molar-refractivity contribution in [2.45, 2.75) is 66.2 Å². The van der Waals surface area contributed by atoms with Gasteiger partial charge in [0.1, 0.15) is 17.3 Å². The topological polar surface area (TPSA) is 33.5 Å². The van der Waals surface area contributed by atoms with E-state index in [4.69, 9.17) is 9.72 Å². The molecule has 0 atom stereocenters. The molecule has 7 rings (SSSR count). The molecule has 5 nitrogen and oxygen atoms in total. The number of rotatable bonds is 5. The van der Waals surface area contributed by atoms with Gasteiger partial charge in [-0.15, -0.1) is 0 Å². The van der Waals surface area contributed by atoms with Crippen molar-refractivity contribution in [1.29, 1.82) is 0 Å². The van der Waals surface area contributed by atoms with Crippen LogP contribution >= 0.6 is 0 Å². The van der Waals surface area contributed by atoms with E-state index >= 15 is 0 Å². The Labute approximate surface area is 278 Å². The molecule has 0 amide bonds. The fourth-order valence-electron chi connectivity index (χ4n) is 6.55. The Morgan fingerprint density at radius 1 is 0.574 bits per heavy atom. The maximum absolute atomic E-state index is 6.58. The van der Waals surface area contributed by atoms with Gasteiger partial charge in [-0.25, -0.2) is 4.98 Å². The normalized spacial score (nSPS) is 14.1. The summed E-state index contributed by atoms with van der Waals surface area (Å²) in [6.07, 6.45) is 1.92. The van der Waals surface area contributed by atoms with E-state index < -0.39 is 0 Å². The van der Waals surface area contributed by atoms with Crippen LogP contribution in [0, 0.1) is 0 Å². The highest BCUT2D eigenvalue weighted by Gasteiger charge is 2.26. The van der Waals surface area contributed by atoms with Crippen LogP contribution in [-0.2, 0) is 10.8 Å². The van der Waals surface area contributed by atoms with Crippen molar-refractivity contribution in [3.63, 3.8) is 0 Å². The molecule has 0 saturated carbocycles. The van der Waals surface area contributed by atoms with Gasteiger partial charge >= 0.3 is 0 Å². The highest BCUT2D eigenvalue weighted by Crippen LogP contribution is 2.38. The molecule has 1 aliphatic heterocycles. The third kappa shape index (κ3) is 5.65. The molecule has 0 saturated heterocycles. The monoisotopic (exact) mass is 620 g/mol. The van der Waals surface area contributed by atoms with Crippen LogP contribution in [0.5, 0.6) is 11.5 Å². The van der Waals surface area contributed by atoms with Gasteiger partial charge in [-0.1, -0.05) is 77.9 Å². The van der Waals surface area contributed by atoms with Crippen molar-refractivity contribution in [1.82, 2.24) is 9.55 Å². The molecule has 0 fully saturated rings. The number of ether oxygens (including phenoxy) is 1. The van der Waals surface area contributed by atoms with Gasteiger partial charge < -0.3 is 14.5 Å². The molecule has 0 N–H and O–H groups in total. The zero-order valence-corrected chi connectivity index (χ0v) is 28.8. The van der Waals surface area contributed by atoms with Gasteiger partial charge in [-0.3, -0.25) is 4.57 Å². The molecule has 2 aromatic heterocycles. The van der Waals surface area contributed by atoms with Crippen molar-refractivity contribution in [2.75, 3.05) is 16.5 Å². The SMILES string of the molecule is CC1=C(C)N(c2cccc(Oc3ccc4c5ccccc5n(-c5cc(C(C)(C)C)ccn5)c4c3)c2)CN1c1ccc(C(C)(C)C)cc1. The number of anilines is 2. The van der Waals surface area contributed by atoms with Crippen LogP contribution in [0.15, 0.2) is 121 Å². The third-order valence-electron chi connectivity index (χ3n) is 9.51. The van der Waals surface area contributed by atoms with E-state index in [-0.39, 0.29) is 10.8 Å². The number of para-hydroxylation sites is 1. The summed E-state index contributed by atoms with van der Waals surface area (Å²) in [6.45, 7) is 18.6. The number of benzene rings is 4. The van der Waals surface area contributed by atoms with E-state index in [1.54, 1.807) is 0 Å². The van der Waals surface area contributed by atoms with Gasteiger partial charge in [0.2, 0.25) is 0 Å². The van der Waals surface area contributed by atoms with Gasteiger partial charge in [0.05, 0.1) is 17.7 Å². The molecule has 0 radical (unpaired) electrons. The van der Waals surface area contributed by atoms with E-state index in [0.29, 0.717) is 0 Å². The molecular formula is C42H44N4O. The van der Waals surface area contributed by atoms with Crippen molar-refractivity contribution in [2.24, 2.45) is 0 Å². The van der Waals surface area contributed by atoms with Crippen LogP contribution in [-0.4, -0.2) is 16.2 Å². The Balaban J connectivity index is 1.20. The fourth-order valence-corrected chi connectivity index (χ4v) is 6.55. The first-order chi connectivity index (χ1) is 22.4. The zero-order chi connectivity index (χ0) is 33.1. The van der Waals surface area contributed by atoms with E-state index in [0.717, 1.165) is 40.7 Å². The zero-order valence-electron chi connectivity index (χ0n) is 28.8. The smallest absolute Gasteiger partial charge is 0.137 e. The summed E-state index contributed by atoms with van der Waals surface area (Å²) in [5.41, 5.74) is 9.73. The third-order valence-corrected chi connectivity index (χ3v) is 9.51. The van der Waals surface area contributed by atoms with E-state index in [2.05, 4.69) is 167 Å². The van der Waals surface area contributed by atoms with Gasteiger partial charge in [-0.05, 0) is 90.4 Å². The summed E-state index contributed by atoms with van der Waals surface area (Å²) < 4.78 is 8.84. The quantitative estimate of drug-likeness (QED) is 0.192. The van der Waals surface area contributed by atoms with E-state index in [1.165, 1.54) is 39.0 Å². The van der Waals surface area contributed by atoms with Crippen LogP contribution in [0.3, 0.4) is 0 Å². The molecule has 1 aliphatic rings. The second-order valence-corrected chi connectivity index (χ2v) is 14.7. The minimum atomic E-state index is 0.0189. The lowest BCUT2D eigenvalue weighted by Crippen LogP contribution is -2.27. The van der Waals surface area contributed by atoms with Gasteiger partial charge in [0, 0.05) is 51.9 Å². The number of hydrogen-bond donors (Lipinski definition) is 0. The highest BCUT2D eigenvalue weighted by atomic mass is 16.5. The first-order valence-corrected chi connectivity index (χ1v) is 16.5. The first-order valence-electron chi connectivity index (χ1n) is 16.5. The van der Waals surface area contributed by atoms with Crippen LogP contribution in [0.4, 0.5) is 11.4 Å². The number of nitrogens with zero attached hydrogens (tertiary/aromatic N) is 4. The second kappa shape index (κ2) is 11.3. The Bertz CT molecular complexity index is 2140. The molecular weight excluding hydrogens is 576 g/mol. The molecule has 47 heavy (non-hydrogen) atoms. The molecule has 3 heterocycles. The summed E-state index contributed by atoms with van der Waals surface area (Å²) >= 11 is 0. The van der Waals surface area contributed by atoms with Gasteiger partial charge in [0.15, 0.2) is 0 Å². The van der Waals surface area contributed by atoms with Crippen molar-refractivity contribution in [3.05, 3.63) is 132 Å². The molecule has 0 aliphatic carbocycles. The minimum Gasteiger partial charge on any atom is -0.457 e. The molecule has 0 spiro atoms. The van der Waals surface area contributed by atoms with Gasteiger partial charge in [0.25, 0.3) is 0 Å². The van der Waals surface area contributed by atoms with Crippen molar-refractivity contribution in [3.8, 4) is 17.3 Å². The lowest BCUT2D eigenvalue weighted by Gasteiger charge is -2.25. The maximum atomic E-state index is 6.58. The Kier molecular flexibility index (Phi) is 7.39. The van der Waals surface area contributed by atoms with Gasteiger partial charge in [-0.2, -0.15) is 0 Å². The Morgan fingerprint density at radius 2 is 1.23 bits per heavy atom. The predicted octanol–water partition coefficient (Wildman–Crippen LogP) is 11.1. The highest BCUT2D eigenvalue weighted by molar-refractivity contribution is 6.09. The minimum absolute atomic E-state index is 0.0189. The summed E-state index contributed by atoms with van der Waals surface area (Å²) in [7, 11) is 0. The van der Waals surface area contributed by atoms with Crippen LogP contribution in [0.25, 0.3) is 27.6 Å². The second-order valence-electron chi connectivity index (χ2n) is 14.7. The average molecular weight is 621 g/mol. The predicted molar refractivity (Wildman–Crippen MR) is 197 cm³/mol. The molecule has 6 aromatic rings. The summed E-state index contributed by atoms with van der Waals surface area (Å²) in [5.74, 6) is 2.50. The molecule has 0 unspecified atom stereocenters. The lowest BCUT2D eigenvalue weighted by atomic mass is 9.87. The maximum Gasteiger partial charge on any atom is 0.137 e. The lowest BCUT2D eigenvalue weighted by molar-refractivity contribution is 0.483. The number of hydrogen-bond acceptors (Lipinski definition) is 4. The van der Waals surface area contributed by atoms with Crippen LogP contribution in [0.2, 0.25) is 0 Å². The molecule has 5 heteroatoms. The largest absolute Gasteiger partial charge is 0.457 e. The number of allylic oxidation sites excluding steroid dienone is 2. The van der Waals surface area contributed by atoms with E-state index in [9.17, 15) is 0 Å². The average Bonchev–Trinajstić information content (AvgIpc) is 3.53. The standard InChI is InChI=1S/C42H44N4O/c1-28-29(2)45(27-44(28)32-18-16-30(17-19-32)41(3,4)5)33-12-11-13-34(25-33)47-35-20-21-37-36-14-9-10-15-38(36)46(39(37)26-35)40-24-31(22-23-43-40)42(6,7)8/h9-26H,27H2,1-8H3. The Hall–Kier alpha value is -5.03. The summed E-state index contributed by atoms with van der Waals surface area (Å²) in [5, 5.41) is 2.37. The Morgan fingerprint density at radius 3 is 1.96 bits per heavy atom. The fraction of sp³-hybridized carbons (Fsp3) is 0.262. The summed E-state index contributed by atoms with van der Waals surface area (Å²) in [6, 6.07) is 36.6. The first kappa shape index (κ1) is 30.6. The van der Waals surface area contributed by atoms with Crippen molar-refractivity contribution < 1.29 is 4.74 Å². The van der Waals surface area contributed by atoms with E-state index in [1.807, 2.05) is 12.3 Å². The van der Waals surface area contributed by atoms with Crippen LogP contribution < -0.4 is 14.5 Å². The molecule has 4 aromatic carbocycles. The van der Waals surface area contributed by atoms with Crippen molar-refractivity contribution >= 4 is 33.2 Å².